The van der Waals surface area contributed by atoms with Crippen molar-refractivity contribution in [1.82, 2.24) is 19.5 Å². The Labute approximate surface area is 146 Å². The summed E-state index contributed by atoms with van der Waals surface area (Å²) in [6, 6.07) is 0. The van der Waals surface area contributed by atoms with Gasteiger partial charge in [-0.1, -0.05) is 0 Å². The van der Waals surface area contributed by atoms with Crippen molar-refractivity contribution in [3.05, 3.63) is 16.7 Å². The van der Waals surface area contributed by atoms with Crippen molar-refractivity contribution in [3.8, 4) is 0 Å². The predicted octanol–water partition coefficient (Wildman–Crippen LogP) is -1.53. The van der Waals surface area contributed by atoms with Gasteiger partial charge < -0.3 is 25.6 Å². The molecule has 0 amide bonds. The van der Waals surface area contributed by atoms with Crippen molar-refractivity contribution in [2.75, 3.05) is 19.5 Å². The number of aromatic amines is 1. The molecule has 1 fully saturated rings. The Balaban J connectivity index is 1.93. The van der Waals surface area contributed by atoms with Crippen molar-refractivity contribution in [2.45, 2.75) is 31.0 Å². The lowest BCUT2D eigenvalue weighted by Gasteiger charge is -2.27. The number of phosphoric ester groups is 1. The maximum Gasteiger partial charge on any atom is 0.472 e. The van der Waals surface area contributed by atoms with Gasteiger partial charge in [0.2, 0.25) is 5.95 Å². The number of aliphatic hydroxyl groups is 2. The highest BCUT2D eigenvalue weighted by Crippen LogP contribution is 2.45. The quantitative estimate of drug-likeness (QED) is 0.371. The molecule has 0 aromatic carbocycles. The molecule has 5 atom stereocenters. The third-order valence-corrected chi connectivity index (χ3v) is 5.03. The molecule has 13 nitrogen and oxygen atoms in total. The van der Waals surface area contributed by atoms with Crippen LogP contribution in [0.25, 0.3) is 11.2 Å². The zero-order valence-corrected chi connectivity index (χ0v) is 14.7. The van der Waals surface area contributed by atoms with Crippen LogP contribution in [0.3, 0.4) is 0 Å². The second-order valence-corrected chi connectivity index (χ2v) is 7.48. The normalized spacial score (nSPS) is 31.3. The van der Waals surface area contributed by atoms with Gasteiger partial charge in [-0.15, -0.1) is 0 Å². The number of ether oxygens (including phenoxy) is 1. The highest BCUT2D eigenvalue weighted by Gasteiger charge is 2.54. The second kappa shape index (κ2) is 6.39. The molecule has 0 aliphatic carbocycles. The Morgan fingerprint density at radius 1 is 1.58 bits per heavy atom. The van der Waals surface area contributed by atoms with Crippen LogP contribution < -0.4 is 11.3 Å². The molecule has 3 unspecified atom stereocenters. The van der Waals surface area contributed by atoms with Crippen LogP contribution in [0.4, 0.5) is 5.95 Å². The van der Waals surface area contributed by atoms with Gasteiger partial charge in [0, 0.05) is 7.11 Å². The standard InChI is InChI=1S/C12H18N5O8P/c1-12(20)7(18)5(3-24-26(21,22)23-2)25-10(12)17-4-14-6-8(17)15-11(13)16-9(6)19/h4-5,7,10,18,20H,3H2,1-2H3,(H,21,22)(H3,13,15,16,19)/t5-,7?,10-,12?/m1/s1. The Bertz CT molecular complexity index is 926. The van der Waals surface area contributed by atoms with Crippen LogP contribution in [0.2, 0.25) is 0 Å². The van der Waals surface area contributed by atoms with Crippen LogP contribution in [-0.2, 0) is 18.3 Å². The topological polar surface area (TPSA) is 195 Å². The lowest BCUT2D eigenvalue weighted by atomic mass is 9.96. The van der Waals surface area contributed by atoms with Crippen LogP contribution in [0.5, 0.6) is 0 Å². The summed E-state index contributed by atoms with van der Waals surface area (Å²) in [4.78, 5) is 31.3. The zero-order chi connectivity index (χ0) is 19.3. The van der Waals surface area contributed by atoms with Crippen LogP contribution in [0.1, 0.15) is 13.2 Å². The number of aliphatic hydroxyl groups excluding tert-OH is 1. The number of hydrogen-bond acceptors (Lipinski definition) is 10. The third kappa shape index (κ3) is 3.14. The van der Waals surface area contributed by atoms with Gasteiger partial charge in [0.15, 0.2) is 17.4 Å². The van der Waals surface area contributed by atoms with Gasteiger partial charge in [0.05, 0.1) is 12.9 Å². The Hall–Kier alpha value is -1.86. The van der Waals surface area contributed by atoms with Gasteiger partial charge in [-0.2, -0.15) is 4.98 Å². The molecule has 0 bridgehead atoms. The summed E-state index contributed by atoms with van der Waals surface area (Å²) in [6.07, 6.45) is -2.66. The number of H-pyrrole nitrogens is 1. The summed E-state index contributed by atoms with van der Waals surface area (Å²) in [5.41, 5.74) is 3.10. The summed E-state index contributed by atoms with van der Waals surface area (Å²) < 4.78 is 27.2. The zero-order valence-electron chi connectivity index (χ0n) is 13.8. The van der Waals surface area contributed by atoms with Gasteiger partial charge >= 0.3 is 7.82 Å². The first kappa shape index (κ1) is 18.9. The van der Waals surface area contributed by atoms with E-state index in [-0.39, 0.29) is 17.1 Å². The fourth-order valence-corrected chi connectivity index (χ4v) is 3.15. The number of fused-ring (bicyclic) bond motifs is 1. The van der Waals surface area contributed by atoms with E-state index < -0.39 is 44.0 Å². The minimum atomic E-state index is -4.29. The first-order valence-electron chi connectivity index (χ1n) is 7.38. The number of phosphoric acid groups is 1. The molecular formula is C12H18N5O8P. The average molecular weight is 391 g/mol. The fraction of sp³-hybridized carbons (Fsp3) is 0.583. The SMILES string of the molecule is COP(=O)(O)OC[C@H]1O[C@@H](n2cnc3c(=O)[nH]c(N)nc32)C(C)(O)C1O. The number of hydrogen-bond donors (Lipinski definition) is 5. The molecule has 1 saturated heterocycles. The summed E-state index contributed by atoms with van der Waals surface area (Å²) >= 11 is 0. The second-order valence-electron chi connectivity index (χ2n) is 5.92. The van der Waals surface area contributed by atoms with Crippen LogP contribution in [0.15, 0.2) is 11.1 Å². The molecule has 6 N–H and O–H groups in total. The van der Waals surface area contributed by atoms with Crippen molar-refractivity contribution < 1.29 is 33.5 Å². The number of aromatic nitrogens is 4. The van der Waals surface area contributed by atoms with E-state index in [0.717, 1.165) is 7.11 Å². The van der Waals surface area contributed by atoms with Gasteiger partial charge in [0.1, 0.15) is 17.8 Å². The summed E-state index contributed by atoms with van der Waals surface area (Å²) in [5.74, 6) is -0.163. The molecule has 14 heteroatoms. The van der Waals surface area contributed by atoms with Gasteiger partial charge in [-0.25, -0.2) is 9.55 Å². The fourth-order valence-electron chi connectivity index (χ4n) is 2.71. The van der Waals surface area contributed by atoms with E-state index >= 15 is 0 Å². The van der Waals surface area contributed by atoms with E-state index in [0.29, 0.717) is 0 Å². The number of rotatable bonds is 5. The van der Waals surface area contributed by atoms with Crippen molar-refractivity contribution >= 4 is 24.9 Å². The Kier molecular flexibility index (Phi) is 4.65. The van der Waals surface area contributed by atoms with E-state index in [1.54, 1.807) is 0 Å². The largest absolute Gasteiger partial charge is 0.472 e. The summed E-state index contributed by atoms with van der Waals surface area (Å²) in [5, 5.41) is 21.0. The Morgan fingerprint density at radius 3 is 2.92 bits per heavy atom. The lowest BCUT2D eigenvalue weighted by molar-refractivity contribution is -0.0949. The molecule has 0 spiro atoms. The maximum atomic E-state index is 11.9. The third-order valence-electron chi connectivity index (χ3n) is 4.09. The molecule has 3 rings (SSSR count). The van der Waals surface area contributed by atoms with Gasteiger partial charge in [-0.3, -0.25) is 23.4 Å². The average Bonchev–Trinajstić information content (AvgIpc) is 3.06. The highest BCUT2D eigenvalue weighted by molar-refractivity contribution is 7.47. The molecule has 2 aromatic heterocycles. The van der Waals surface area contributed by atoms with Crippen LogP contribution in [0, 0.1) is 0 Å². The molecule has 1 aliphatic rings. The molecule has 0 radical (unpaired) electrons. The molecule has 144 valence electrons. The van der Waals surface area contributed by atoms with E-state index in [2.05, 4.69) is 19.5 Å². The molecule has 2 aromatic rings. The molecule has 26 heavy (non-hydrogen) atoms. The Morgan fingerprint density at radius 2 is 2.27 bits per heavy atom. The summed E-state index contributed by atoms with van der Waals surface area (Å²) in [6.45, 7) is 0.762. The number of nitrogens with zero attached hydrogens (tertiary/aromatic N) is 3. The minimum Gasteiger partial charge on any atom is -0.387 e. The van der Waals surface area contributed by atoms with Crippen molar-refractivity contribution in [2.24, 2.45) is 0 Å². The van der Waals surface area contributed by atoms with E-state index in [9.17, 15) is 24.5 Å². The minimum absolute atomic E-state index is 0.0352. The number of nitrogens with two attached hydrogens (primary N) is 1. The monoisotopic (exact) mass is 391 g/mol. The number of imidazole rings is 1. The van der Waals surface area contributed by atoms with E-state index in [4.69, 9.17) is 15.0 Å². The molecule has 3 heterocycles. The van der Waals surface area contributed by atoms with Crippen molar-refractivity contribution in [1.29, 1.82) is 0 Å². The maximum absolute atomic E-state index is 11.9. The first-order chi connectivity index (χ1) is 12.1. The predicted molar refractivity (Wildman–Crippen MR) is 85.9 cm³/mol. The van der Waals surface area contributed by atoms with Crippen LogP contribution in [-0.4, -0.2) is 66.2 Å². The first-order valence-corrected chi connectivity index (χ1v) is 8.87. The summed E-state index contributed by atoms with van der Waals surface area (Å²) in [7, 11) is -3.31. The van der Waals surface area contributed by atoms with Gasteiger partial charge in [-0.05, 0) is 6.92 Å². The van der Waals surface area contributed by atoms with Crippen LogP contribution >= 0.6 is 7.82 Å². The number of nitrogens with one attached hydrogen (secondary N) is 1. The number of anilines is 1. The molecular weight excluding hydrogens is 373 g/mol. The highest BCUT2D eigenvalue weighted by atomic mass is 31.2. The van der Waals surface area contributed by atoms with Gasteiger partial charge in [0.25, 0.3) is 5.56 Å². The van der Waals surface area contributed by atoms with E-state index in [1.165, 1.54) is 17.8 Å². The van der Waals surface area contributed by atoms with Crippen molar-refractivity contribution in [3.63, 3.8) is 0 Å². The smallest absolute Gasteiger partial charge is 0.387 e. The molecule has 0 saturated carbocycles. The number of nitrogen functional groups attached to an aromatic ring is 1. The van der Waals surface area contributed by atoms with E-state index in [1.807, 2.05) is 0 Å². The molecule has 1 aliphatic heterocycles. The lowest BCUT2D eigenvalue weighted by Crippen LogP contribution is -2.44.